The maximum atomic E-state index is 12.2. The normalized spacial score (nSPS) is 20.7. The van der Waals surface area contributed by atoms with Gasteiger partial charge in [-0.15, -0.1) is 0 Å². The molecule has 21 heavy (non-hydrogen) atoms. The van der Waals surface area contributed by atoms with Gasteiger partial charge >= 0.3 is 0 Å². The lowest BCUT2D eigenvalue weighted by molar-refractivity contribution is -0.123. The molecule has 1 aliphatic carbocycles. The molecule has 0 heterocycles. The van der Waals surface area contributed by atoms with Crippen molar-refractivity contribution in [3.8, 4) is 6.07 Å². The molecule has 3 heteroatoms. The molecular formula is C18H22N2O. The van der Waals surface area contributed by atoms with Crippen molar-refractivity contribution in [2.45, 2.75) is 46.1 Å². The van der Waals surface area contributed by atoms with Crippen LogP contribution in [-0.2, 0) is 10.2 Å². The summed E-state index contributed by atoms with van der Waals surface area (Å²) >= 11 is 0. The zero-order chi connectivity index (χ0) is 15.8. The number of rotatable bonds is 3. The van der Waals surface area contributed by atoms with Gasteiger partial charge in [-0.05, 0) is 42.0 Å². The van der Waals surface area contributed by atoms with E-state index in [9.17, 15) is 10.1 Å². The van der Waals surface area contributed by atoms with E-state index in [2.05, 4.69) is 44.3 Å². The van der Waals surface area contributed by atoms with E-state index in [1.165, 1.54) is 5.56 Å². The number of hydrogen-bond acceptors (Lipinski definition) is 2. The number of nitrogens with zero attached hydrogens (tertiary/aromatic N) is 1. The molecule has 1 aromatic carbocycles. The van der Waals surface area contributed by atoms with Crippen molar-refractivity contribution in [2.75, 3.05) is 0 Å². The highest BCUT2D eigenvalue weighted by Crippen LogP contribution is 2.50. The van der Waals surface area contributed by atoms with Gasteiger partial charge in [0.15, 0.2) is 5.41 Å². The monoisotopic (exact) mass is 282 g/mol. The summed E-state index contributed by atoms with van der Waals surface area (Å²) in [6.07, 6.45) is 1.75. The van der Waals surface area contributed by atoms with E-state index in [0.29, 0.717) is 0 Å². The fourth-order valence-electron chi connectivity index (χ4n) is 2.35. The van der Waals surface area contributed by atoms with Crippen LogP contribution in [0, 0.1) is 16.7 Å². The molecule has 0 aliphatic heterocycles. The van der Waals surface area contributed by atoms with Crippen molar-refractivity contribution in [1.29, 1.82) is 5.26 Å². The quantitative estimate of drug-likeness (QED) is 0.923. The molecule has 1 atom stereocenters. The molecule has 1 N–H and O–H groups in total. The van der Waals surface area contributed by atoms with E-state index in [4.69, 9.17) is 0 Å². The van der Waals surface area contributed by atoms with Crippen LogP contribution in [0.15, 0.2) is 30.3 Å². The SMILES string of the molecule is CC(C)NC(=O)C1(C#N)C=C1c1ccc(C(C)(C)C)cc1. The van der Waals surface area contributed by atoms with Crippen LogP contribution in [0.4, 0.5) is 0 Å². The minimum absolute atomic E-state index is 0.0289. The van der Waals surface area contributed by atoms with Gasteiger partial charge in [0.2, 0.25) is 5.91 Å². The summed E-state index contributed by atoms with van der Waals surface area (Å²) in [7, 11) is 0. The number of carbonyl (C=O) groups excluding carboxylic acids is 1. The molecule has 0 bridgehead atoms. The molecule has 0 saturated heterocycles. The molecule has 2 rings (SSSR count). The summed E-state index contributed by atoms with van der Waals surface area (Å²) < 4.78 is 0. The second-order valence-electron chi connectivity index (χ2n) is 6.93. The largest absolute Gasteiger partial charge is 0.352 e. The molecule has 0 radical (unpaired) electrons. The maximum Gasteiger partial charge on any atom is 0.249 e. The van der Waals surface area contributed by atoms with Gasteiger partial charge in [0.25, 0.3) is 0 Å². The summed E-state index contributed by atoms with van der Waals surface area (Å²) in [5.74, 6) is -0.227. The van der Waals surface area contributed by atoms with Crippen LogP contribution in [0.1, 0.15) is 45.7 Å². The van der Waals surface area contributed by atoms with Gasteiger partial charge in [0.1, 0.15) is 0 Å². The maximum absolute atomic E-state index is 12.2. The van der Waals surface area contributed by atoms with Crippen LogP contribution >= 0.6 is 0 Å². The van der Waals surface area contributed by atoms with Gasteiger partial charge in [-0.2, -0.15) is 5.26 Å². The average molecular weight is 282 g/mol. The first-order chi connectivity index (χ1) is 9.70. The molecular weight excluding hydrogens is 260 g/mol. The molecule has 1 aromatic rings. The molecule has 110 valence electrons. The Kier molecular flexibility index (Phi) is 3.67. The third-order valence-corrected chi connectivity index (χ3v) is 3.72. The fourth-order valence-corrected chi connectivity index (χ4v) is 2.35. The zero-order valence-electron chi connectivity index (χ0n) is 13.3. The average Bonchev–Trinajstić information content (AvgIpc) is 3.13. The van der Waals surface area contributed by atoms with Crippen molar-refractivity contribution in [1.82, 2.24) is 5.32 Å². The van der Waals surface area contributed by atoms with Gasteiger partial charge in [-0.25, -0.2) is 0 Å². The number of nitriles is 1. The van der Waals surface area contributed by atoms with E-state index in [1.807, 2.05) is 26.0 Å². The van der Waals surface area contributed by atoms with Crippen molar-refractivity contribution in [2.24, 2.45) is 5.41 Å². The standard InChI is InChI=1S/C18H22N2O/c1-12(2)20-16(21)18(11-19)10-15(18)13-6-8-14(9-7-13)17(3,4)5/h6-10,12H,1-5H3,(H,20,21). The second kappa shape index (κ2) is 5.04. The predicted molar refractivity (Wildman–Crippen MR) is 84.4 cm³/mol. The Bertz CT molecular complexity index is 627. The number of amides is 1. The minimum Gasteiger partial charge on any atom is -0.352 e. The van der Waals surface area contributed by atoms with E-state index < -0.39 is 5.41 Å². The van der Waals surface area contributed by atoms with Crippen molar-refractivity contribution >= 4 is 11.5 Å². The Morgan fingerprint density at radius 3 is 2.24 bits per heavy atom. The van der Waals surface area contributed by atoms with Crippen molar-refractivity contribution < 1.29 is 4.79 Å². The number of hydrogen-bond donors (Lipinski definition) is 1. The first kappa shape index (κ1) is 15.3. The Morgan fingerprint density at radius 2 is 1.81 bits per heavy atom. The first-order valence-corrected chi connectivity index (χ1v) is 7.27. The lowest BCUT2D eigenvalue weighted by atomic mass is 9.86. The Morgan fingerprint density at radius 1 is 1.24 bits per heavy atom. The highest BCUT2D eigenvalue weighted by Gasteiger charge is 2.52. The van der Waals surface area contributed by atoms with Gasteiger partial charge in [0, 0.05) is 6.04 Å². The molecule has 0 fully saturated rings. The van der Waals surface area contributed by atoms with Gasteiger partial charge in [-0.3, -0.25) is 4.79 Å². The van der Waals surface area contributed by atoms with Gasteiger partial charge in [0.05, 0.1) is 6.07 Å². The summed E-state index contributed by atoms with van der Waals surface area (Å²) in [4.78, 5) is 12.2. The first-order valence-electron chi connectivity index (χ1n) is 7.27. The van der Waals surface area contributed by atoms with Crippen molar-refractivity contribution in [3.63, 3.8) is 0 Å². The summed E-state index contributed by atoms with van der Waals surface area (Å²) in [5, 5.41) is 12.2. The third kappa shape index (κ3) is 2.85. The van der Waals surface area contributed by atoms with E-state index in [0.717, 1.165) is 11.1 Å². The minimum atomic E-state index is -1.08. The molecule has 0 spiro atoms. The Balaban J connectivity index is 2.20. The smallest absolute Gasteiger partial charge is 0.249 e. The van der Waals surface area contributed by atoms with Gasteiger partial charge in [-0.1, -0.05) is 45.0 Å². The summed E-state index contributed by atoms with van der Waals surface area (Å²) in [5.41, 5.74) is 2.01. The van der Waals surface area contributed by atoms with Crippen LogP contribution in [0.5, 0.6) is 0 Å². The lowest BCUT2D eigenvalue weighted by Gasteiger charge is -2.19. The number of benzene rings is 1. The highest BCUT2D eigenvalue weighted by atomic mass is 16.2. The Labute approximate surface area is 126 Å². The lowest BCUT2D eigenvalue weighted by Crippen LogP contribution is -2.37. The molecule has 3 nitrogen and oxygen atoms in total. The van der Waals surface area contributed by atoms with Crippen LogP contribution in [0.2, 0.25) is 0 Å². The molecule has 0 aromatic heterocycles. The third-order valence-electron chi connectivity index (χ3n) is 3.72. The van der Waals surface area contributed by atoms with Gasteiger partial charge < -0.3 is 5.32 Å². The molecule has 1 amide bonds. The van der Waals surface area contributed by atoms with Crippen LogP contribution < -0.4 is 5.32 Å². The topological polar surface area (TPSA) is 52.9 Å². The van der Waals surface area contributed by atoms with Crippen LogP contribution in [-0.4, -0.2) is 11.9 Å². The summed E-state index contributed by atoms with van der Waals surface area (Å²) in [6, 6.07) is 10.3. The van der Waals surface area contributed by atoms with Crippen LogP contribution in [0.25, 0.3) is 5.57 Å². The van der Waals surface area contributed by atoms with E-state index in [-0.39, 0.29) is 17.4 Å². The Hall–Kier alpha value is -2.08. The molecule has 1 unspecified atom stereocenters. The second-order valence-corrected chi connectivity index (χ2v) is 6.93. The molecule has 1 aliphatic rings. The van der Waals surface area contributed by atoms with Crippen molar-refractivity contribution in [3.05, 3.63) is 41.5 Å². The highest BCUT2D eigenvalue weighted by molar-refractivity contribution is 6.11. The number of nitrogens with one attached hydrogen (secondary N) is 1. The van der Waals surface area contributed by atoms with Crippen LogP contribution in [0.3, 0.4) is 0 Å². The van der Waals surface area contributed by atoms with E-state index >= 15 is 0 Å². The fraction of sp³-hybridized carbons (Fsp3) is 0.444. The predicted octanol–water partition coefficient (Wildman–Crippen LogP) is 3.42. The summed E-state index contributed by atoms with van der Waals surface area (Å²) in [6.45, 7) is 10.3. The van der Waals surface area contributed by atoms with E-state index in [1.54, 1.807) is 6.08 Å². The molecule has 0 saturated carbocycles. The zero-order valence-corrected chi connectivity index (χ0v) is 13.3. The number of carbonyl (C=O) groups is 1.